The number of hydrogen-bond acceptors (Lipinski definition) is 0. The molecule has 17 heavy (non-hydrogen) atoms. The molecule has 0 heteroatoms. The summed E-state index contributed by atoms with van der Waals surface area (Å²) in [5, 5.41) is 0. The minimum Gasteiger partial charge on any atom is -0.0628 e. The number of fused-ring (bicyclic) bond motifs is 1. The van der Waals surface area contributed by atoms with Gasteiger partial charge in [0.05, 0.1) is 0 Å². The van der Waals surface area contributed by atoms with E-state index in [0.29, 0.717) is 5.41 Å². The van der Waals surface area contributed by atoms with Crippen molar-refractivity contribution in [3.63, 3.8) is 0 Å². The van der Waals surface area contributed by atoms with Crippen molar-refractivity contribution in [1.82, 2.24) is 0 Å². The van der Waals surface area contributed by atoms with Gasteiger partial charge < -0.3 is 0 Å². The summed E-state index contributed by atoms with van der Waals surface area (Å²) in [5.74, 6) is 5.79. The molecule has 2 fully saturated rings. The van der Waals surface area contributed by atoms with E-state index in [4.69, 9.17) is 0 Å². The molecular weight excluding hydrogens is 204 g/mol. The third kappa shape index (κ3) is 2.29. The molecule has 0 aliphatic heterocycles. The van der Waals surface area contributed by atoms with Crippen molar-refractivity contribution >= 4 is 0 Å². The maximum absolute atomic E-state index is 2.56. The highest BCUT2D eigenvalue weighted by molar-refractivity contribution is 5.00. The molecule has 2 rings (SSSR count). The van der Waals surface area contributed by atoms with Gasteiger partial charge in [-0.05, 0) is 60.2 Å². The Hall–Kier alpha value is 0. The predicted octanol–water partition coefficient (Wildman–Crippen LogP) is 5.38. The van der Waals surface area contributed by atoms with Crippen LogP contribution >= 0.6 is 0 Å². The molecule has 0 N–H and O–H groups in total. The van der Waals surface area contributed by atoms with Gasteiger partial charge in [0.15, 0.2) is 0 Å². The Morgan fingerprint density at radius 2 is 1.76 bits per heavy atom. The maximum atomic E-state index is 2.56. The lowest BCUT2D eigenvalue weighted by molar-refractivity contribution is -0.0223. The quantitative estimate of drug-likeness (QED) is 0.604. The van der Waals surface area contributed by atoms with Crippen LogP contribution in [0.2, 0.25) is 0 Å². The summed E-state index contributed by atoms with van der Waals surface area (Å²) in [4.78, 5) is 0. The number of rotatable bonds is 2. The van der Waals surface area contributed by atoms with E-state index in [9.17, 15) is 0 Å². The SMILES string of the molecule is CC(C)C[C@H]1CC2C(C)CCC2C(C)(C)C1C. The Kier molecular flexibility index (Phi) is 3.63. The summed E-state index contributed by atoms with van der Waals surface area (Å²) in [6.45, 7) is 14.9. The van der Waals surface area contributed by atoms with Gasteiger partial charge in [-0.1, -0.05) is 48.0 Å². The fourth-order valence-corrected chi connectivity index (χ4v) is 4.99. The summed E-state index contributed by atoms with van der Waals surface area (Å²) >= 11 is 0. The zero-order valence-electron chi connectivity index (χ0n) is 12.8. The Morgan fingerprint density at radius 3 is 2.35 bits per heavy atom. The normalized spacial score (nSPS) is 45.0. The van der Waals surface area contributed by atoms with E-state index in [0.717, 1.165) is 35.5 Å². The second kappa shape index (κ2) is 4.59. The van der Waals surface area contributed by atoms with Gasteiger partial charge >= 0.3 is 0 Å². The van der Waals surface area contributed by atoms with Crippen LogP contribution in [0.1, 0.15) is 67.2 Å². The molecular formula is C17H32. The zero-order chi connectivity index (χ0) is 12.8. The van der Waals surface area contributed by atoms with Crippen LogP contribution < -0.4 is 0 Å². The van der Waals surface area contributed by atoms with E-state index in [1.54, 1.807) is 0 Å². The maximum Gasteiger partial charge on any atom is -0.0295 e. The van der Waals surface area contributed by atoms with Gasteiger partial charge in [0.25, 0.3) is 0 Å². The van der Waals surface area contributed by atoms with Crippen LogP contribution in [0, 0.1) is 40.9 Å². The third-order valence-electron chi connectivity index (χ3n) is 6.37. The van der Waals surface area contributed by atoms with Gasteiger partial charge in [0.2, 0.25) is 0 Å². The van der Waals surface area contributed by atoms with Crippen LogP contribution in [-0.4, -0.2) is 0 Å². The average molecular weight is 236 g/mol. The Bertz CT molecular complexity index is 263. The van der Waals surface area contributed by atoms with E-state index in [2.05, 4.69) is 41.5 Å². The fraction of sp³-hybridized carbons (Fsp3) is 1.00. The molecule has 5 atom stereocenters. The standard InChI is InChI=1S/C17H32/c1-11(2)9-14-10-15-12(3)7-8-16(15)17(5,6)13(14)4/h11-16H,7-10H2,1-6H3/t12?,13?,14-,15?,16?/m0/s1. The molecule has 0 heterocycles. The highest BCUT2D eigenvalue weighted by Crippen LogP contribution is 2.59. The Balaban J connectivity index is 2.18. The van der Waals surface area contributed by atoms with E-state index in [1.165, 1.54) is 25.7 Å². The van der Waals surface area contributed by atoms with Gasteiger partial charge in [-0.25, -0.2) is 0 Å². The average Bonchev–Trinajstić information content (AvgIpc) is 2.57. The van der Waals surface area contributed by atoms with Crippen molar-refractivity contribution in [3.8, 4) is 0 Å². The Labute approximate surface area is 109 Å². The minimum atomic E-state index is 0.577. The highest BCUT2D eigenvalue weighted by Gasteiger charge is 2.51. The predicted molar refractivity (Wildman–Crippen MR) is 75.9 cm³/mol. The second-order valence-electron chi connectivity index (χ2n) is 8.06. The molecule has 0 aromatic carbocycles. The molecule has 0 spiro atoms. The van der Waals surface area contributed by atoms with Crippen LogP contribution in [0.4, 0.5) is 0 Å². The minimum absolute atomic E-state index is 0.577. The van der Waals surface area contributed by atoms with Crippen LogP contribution in [0.3, 0.4) is 0 Å². The number of hydrogen-bond donors (Lipinski definition) is 0. The molecule has 0 saturated heterocycles. The molecule has 0 bridgehead atoms. The third-order valence-corrected chi connectivity index (χ3v) is 6.37. The van der Waals surface area contributed by atoms with Crippen LogP contribution in [0.5, 0.6) is 0 Å². The molecule has 2 aliphatic carbocycles. The van der Waals surface area contributed by atoms with E-state index >= 15 is 0 Å². The monoisotopic (exact) mass is 236 g/mol. The lowest BCUT2D eigenvalue weighted by Gasteiger charge is -2.51. The molecule has 0 amide bonds. The summed E-state index contributed by atoms with van der Waals surface area (Å²) in [5.41, 5.74) is 0.577. The first-order valence-electron chi connectivity index (χ1n) is 7.84. The summed E-state index contributed by atoms with van der Waals surface area (Å²) < 4.78 is 0. The van der Waals surface area contributed by atoms with Crippen LogP contribution in [0.15, 0.2) is 0 Å². The summed E-state index contributed by atoms with van der Waals surface area (Å²) in [7, 11) is 0. The van der Waals surface area contributed by atoms with Gasteiger partial charge in [0, 0.05) is 0 Å². The lowest BCUT2D eigenvalue weighted by atomic mass is 9.54. The van der Waals surface area contributed by atoms with Crippen molar-refractivity contribution in [1.29, 1.82) is 0 Å². The van der Waals surface area contributed by atoms with E-state index in [1.807, 2.05) is 0 Å². The fourth-order valence-electron chi connectivity index (χ4n) is 4.99. The van der Waals surface area contributed by atoms with Gasteiger partial charge in [-0.3, -0.25) is 0 Å². The first-order valence-corrected chi connectivity index (χ1v) is 7.84. The molecule has 0 nitrogen and oxygen atoms in total. The van der Waals surface area contributed by atoms with Crippen molar-refractivity contribution in [2.75, 3.05) is 0 Å². The largest absolute Gasteiger partial charge is 0.0628 e. The van der Waals surface area contributed by atoms with Crippen molar-refractivity contribution < 1.29 is 0 Å². The van der Waals surface area contributed by atoms with Gasteiger partial charge in [0.1, 0.15) is 0 Å². The molecule has 0 aromatic rings. The molecule has 4 unspecified atom stereocenters. The Morgan fingerprint density at radius 1 is 1.12 bits per heavy atom. The smallest absolute Gasteiger partial charge is 0.0295 e. The molecule has 100 valence electrons. The first-order chi connectivity index (χ1) is 7.84. The molecule has 0 radical (unpaired) electrons. The van der Waals surface area contributed by atoms with E-state index < -0.39 is 0 Å². The van der Waals surface area contributed by atoms with Crippen molar-refractivity contribution in [2.45, 2.75) is 67.2 Å². The van der Waals surface area contributed by atoms with E-state index in [-0.39, 0.29) is 0 Å². The van der Waals surface area contributed by atoms with Crippen molar-refractivity contribution in [2.24, 2.45) is 40.9 Å². The zero-order valence-corrected chi connectivity index (χ0v) is 12.8. The van der Waals surface area contributed by atoms with Crippen LogP contribution in [0.25, 0.3) is 0 Å². The second-order valence-corrected chi connectivity index (χ2v) is 8.06. The first kappa shape index (κ1) is 13.4. The highest BCUT2D eigenvalue weighted by atomic mass is 14.6. The topological polar surface area (TPSA) is 0 Å². The van der Waals surface area contributed by atoms with Crippen molar-refractivity contribution in [3.05, 3.63) is 0 Å². The molecule has 0 aromatic heterocycles. The molecule has 2 aliphatic rings. The summed E-state index contributed by atoms with van der Waals surface area (Å²) in [6, 6.07) is 0. The molecule has 2 saturated carbocycles. The van der Waals surface area contributed by atoms with Gasteiger partial charge in [-0.15, -0.1) is 0 Å². The lowest BCUT2D eigenvalue weighted by Crippen LogP contribution is -2.44. The van der Waals surface area contributed by atoms with Crippen LogP contribution in [-0.2, 0) is 0 Å². The summed E-state index contributed by atoms with van der Waals surface area (Å²) in [6.07, 6.45) is 5.95. The van der Waals surface area contributed by atoms with Gasteiger partial charge in [-0.2, -0.15) is 0 Å².